The lowest BCUT2D eigenvalue weighted by Gasteiger charge is -2.28. The van der Waals surface area contributed by atoms with Gasteiger partial charge in [-0.15, -0.1) is 0 Å². The molecule has 0 bridgehead atoms. The number of ketones is 1. The maximum absolute atomic E-state index is 13.3. The van der Waals surface area contributed by atoms with Gasteiger partial charge in [-0.1, -0.05) is 18.2 Å². The number of phenols is 1. The largest absolute Gasteiger partial charge is 0.507 e. The quantitative estimate of drug-likeness (QED) is 0.421. The molecule has 3 heterocycles. The second-order valence-electron chi connectivity index (χ2n) is 9.68. The van der Waals surface area contributed by atoms with Crippen molar-refractivity contribution in [2.24, 2.45) is 0 Å². The van der Waals surface area contributed by atoms with Crippen molar-refractivity contribution >= 4 is 23.8 Å². The minimum absolute atomic E-state index is 0.00565. The van der Waals surface area contributed by atoms with E-state index in [1.54, 1.807) is 31.2 Å². The topological polar surface area (TPSA) is 108 Å². The number of rotatable bonds is 1. The number of cyclic esters (lactones) is 1. The van der Waals surface area contributed by atoms with Crippen molar-refractivity contribution in [2.45, 2.75) is 63.9 Å². The second kappa shape index (κ2) is 10.7. The van der Waals surface area contributed by atoms with Crippen LogP contribution in [0, 0.1) is 0 Å². The number of phenolic OH excluding ortho intramolecular Hbond substituents is 1. The Labute approximate surface area is 215 Å². The Kier molecular flexibility index (Phi) is 7.17. The molecule has 3 aliphatic rings. The van der Waals surface area contributed by atoms with E-state index in [-0.39, 0.29) is 29.3 Å². The van der Waals surface area contributed by atoms with Crippen molar-refractivity contribution in [2.75, 3.05) is 13.2 Å². The van der Waals surface area contributed by atoms with Gasteiger partial charge in [0, 0.05) is 24.3 Å². The zero-order valence-corrected chi connectivity index (χ0v) is 20.8. The molecule has 0 aliphatic carbocycles. The number of carbonyl (C=O) groups excluding carboxylic acids is 3. The van der Waals surface area contributed by atoms with Gasteiger partial charge >= 0.3 is 11.9 Å². The van der Waals surface area contributed by atoms with Crippen LogP contribution in [0.1, 0.15) is 84.8 Å². The first kappa shape index (κ1) is 24.9. The first-order valence-electron chi connectivity index (χ1n) is 12.8. The zero-order valence-electron chi connectivity index (χ0n) is 20.8. The van der Waals surface area contributed by atoms with E-state index < -0.39 is 24.0 Å². The monoisotopic (exact) mass is 506 g/mol. The molecular weight excluding hydrogens is 476 g/mol. The third kappa shape index (κ3) is 5.33. The van der Waals surface area contributed by atoms with Crippen molar-refractivity contribution < 1.29 is 38.4 Å². The number of ether oxygens (including phenoxy) is 4. The molecule has 0 fully saturated rings. The van der Waals surface area contributed by atoms with E-state index in [1.807, 2.05) is 12.1 Å². The highest BCUT2D eigenvalue weighted by molar-refractivity contribution is 5.98. The molecule has 0 spiro atoms. The highest BCUT2D eigenvalue weighted by Gasteiger charge is 2.36. The molecule has 2 atom stereocenters. The summed E-state index contributed by atoms with van der Waals surface area (Å²) in [6.07, 6.45) is 6.59. The Morgan fingerprint density at radius 1 is 0.946 bits per heavy atom. The number of aromatic hydroxyl groups is 1. The number of fused-ring (bicyclic) bond motifs is 3. The summed E-state index contributed by atoms with van der Waals surface area (Å²) >= 11 is 0. The van der Waals surface area contributed by atoms with E-state index in [0.29, 0.717) is 74.4 Å². The van der Waals surface area contributed by atoms with Gasteiger partial charge in [-0.3, -0.25) is 9.59 Å². The summed E-state index contributed by atoms with van der Waals surface area (Å²) in [6, 6.07) is 7.01. The van der Waals surface area contributed by atoms with E-state index >= 15 is 0 Å². The molecule has 2 aromatic carbocycles. The SMILES string of the molecule is C[C@@H]1CCCC(=O)CCCC=Cc2cc3c(c(O)c2C(=O)O1)[C@H](c1ccc2c(c1)OCCO2)CC(=O)O3. The lowest BCUT2D eigenvalue weighted by Crippen LogP contribution is -2.23. The summed E-state index contributed by atoms with van der Waals surface area (Å²) in [5.41, 5.74) is 1.53. The van der Waals surface area contributed by atoms with Crippen LogP contribution in [-0.4, -0.2) is 42.1 Å². The molecule has 0 saturated heterocycles. The first-order valence-corrected chi connectivity index (χ1v) is 12.8. The van der Waals surface area contributed by atoms with Crippen LogP contribution in [0.2, 0.25) is 0 Å². The maximum atomic E-state index is 13.3. The fourth-order valence-electron chi connectivity index (χ4n) is 5.08. The van der Waals surface area contributed by atoms with Crippen molar-refractivity contribution in [1.29, 1.82) is 0 Å². The molecule has 1 N–H and O–H groups in total. The van der Waals surface area contributed by atoms with Crippen molar-refractivity contribution in [1.82, 2.24) is 0 Å². The molecule has 194 valence electrons. The van der Waals surface area contributed by atoms with Gasteiger partial charge in [0.05, 0.1) is 12.5 Å². The molecule has 0 amide bonds. The second-order valence-corrected chi connectivity index (χ2v) is 9.68. The molecule has 5 rings (SSSR count). The van der Waals surface area contributed by atoms with E-state index in [0.717, 1.165) is 5.56 Å². The Morgan fingerprint density at radius 2 is 1.73 bits per heavy atom. The lowest BCUT2D eigenvalue weighted by molar-refractivity contribution is -0.135. The number of hydrogen-bond donors (Lipinski definition) is 1. The van der Waals surface area contributed by atoms with Gasteiger partial charge in [0.15, 0.2) is 11.5 Å². The summed E-state index contributed by atoms with van der Waals surface area (Å²) in [6.45, 7) is 2.66. The Hall–Kier alpha value is -3.81. The van der Waals surface area contributed by atoms with Crippen LogP contribution >= 0.6 is 0 Å². The molecule has 3 aliphatic heterocycles. The van der Waals surface area contributed by atoms with Crippen LogP contribution in [0.3, 0.4) is 0 Å². The lowest BCUT2D eigenvalue weighted by atomic mass is 9.83. The number of esters is 2. The summed E-state index contributed by atoms with van der Waals surface area (Å²) in [5.74, 6) is -0.319. The van der Waals surface area contributed by atoms with Crippen LogP contribution < -0.4 is 14.2 Å². The van der Waals surface area contributed by atoms with E-state index in [9.17, 15) is 19.5 Å². The van der Waals surface area contributed by atoms with E-state index in [4.69, 9.17) is 18.9 Å². The van der Waals surface area contributed by atoms with Crippen molar-refractivity contribution in [3.05, 3.63) is 52.6 Å². The van der Waals surface area contributed by atoms with Gasteiger partial charge in [0.2, 0.25) is 0 Å². The fraction of sp³-hybridized carbons (Fsp3) is 0.414. The van der Waals surface area contributed by atoms with Gasteiger partial charge in [0.1, 0.15) is 36.1 Å². The summed E-state index contributed by atoms with van der Waals surface area (Å²) in [7, 11) is 0. The minimum Gasteiger partial charge on any atom is -0.507 e. The number of allylic oxidation sites excluding steroid dienone is 1. The third-order valence-corrected chi connectivity index (χ3v) is 6.95. The minimum atomic E-state index is -0.659. The molecule has 0 unspecified atom stereocenters. The van der Waals surface area contributed by atoms with E-state index in [1.165, 1.54) is 0 Å². The average Bonchev–Trinajstić information content (AvgIpc) is 2.87. The normalized spacial score (nSPS) is 22.2. The fourth-order valence-corrected chi connectivity index (χ4v) is 5.08. The van der Waals surface area contributed by atoms with Gasteiger partial charge in [-0.25, -0.2) is 4.79 Å². The molecule has 2 aromatic rings. The highest BCUT2D eigenvalue weighted by Crippen LogP contribution is 2.48. The van der Waals surface area contributed by atoms with E-state index in [2.05, 4.69) is 0 Å². The smallest absolute Gasteiger partial charge is 0.342 e. The van der Waals surface area contributed by atoms with Gasteiger partial charge in [-0.2, -0.15) is 0 Å². The van der Waals surface area contributed by atoms with Crippen LogP contribution in [0.5, 0.6) is 23.0 Å². The number of carbonyl (C=O) groups is 3. The predicted octanol–water partition coefficient (Wildman–Crippen LogP) is 5.09. The molecule has 0 saturated carbocycles. The van der Waals surface area contributed by atoms with Crippen LogP contribution in [0.15, 0.2) is 30.3 Å². The molecule has 37 heavy (non-hydrogen) atoms. The number of hydrogen-bond acceptors (Lipinski definition) is 8. The Bertz CT molecular complexity index is 1260. The summed E-state index contributed by atoms with van der Waals surface area (Å²) < 4.78 is 22.5. The van der Waals surface area contributed by atoms with Crippen molar-refractivity contribution in [3.63, 3.8) is 0 Å². The molecule has 8 heteroatoms. The first-order chi connectivity index (χ1) is 17.9. The molecular formula is C29H30O8. The maximum Gasteiger partial charge on any atom is 0.342 e. The molecule has 0 radical (unpaired) electrons. The molecule has 8 nitrogen and oxygen atoms in total. The standard InChI is InChI=1S/C29H30O8/c1-17-6-5-9-20(30)8-4-2-3-7-19-15-24-27(28(32)26(19)29(33)36-17)21(16-25(31)37-24)18-10-11-22-23(14-18)35-13-12-34-22/h3,7,10-11,14-15,17,21,32H,2,4-6,8-9,12-13,16H2,1H3/t17-,21+/m1/s1. The predicted molar refractivity (Wildman–Crippen MR) is 134 cm³/mol. The Balaban J connectivity index is 1.58. The third-order valence-electron chi connectivity index (χ3n) is 6.95. The van der Waals surface area contributed by atoms with Crippen LogP contribution in [0.4, 0.5) is 0 Å². The molecule has 0 aromatic heterocycles. The van der Waals surface area contributed by atoms with Gasteiger partial charge in [0.25, 0.3) is 0 Å². The zero-order chi connectivity index (χ0) is 25.9. The number of benzene rings is 2. The summed E-state index contributed by atoms with van der Waals surface area (Å²) in [4.78, 5) is 38.0. The van der Waals surface area contributed by atoms with Gasteiger partial charge < -0.3 is 24.1 Å². The highest BCUT2D eigenvalue weighted by atomic mass is 16.6. The summed E-state index contributed by atoms with van der Waals surface area (Å²) in [5, 5.41) is 11.5. The number of Topliss-reactive ketones (excluding diaryl/α,β-unsaturated/α-hetero) is 1. The van der Waals surface area contributed by atoms with Crippen LogP contribution in [-0.2, 0) is 14.3 Å². The Morgan fingerprint density at radius 3 is 2.57 bits per heavy atom. The van der Waals surface area contributed by atoms with Crippen molar-refractivity contribution in [3.8, 4) is 23.0 Å². The average molecular weight is 507 g/mol. The van der Waals surface area contributed by atoms with Crippen LogP contribution in [0.25, 0.3) is 6.08 Å². The van der Waals surface area contributed by atoms with Gasteiger partial charge in [-0.05, 0) is 61.9 Å².